The van der Waals surface area contributed by atoms with Gasteiger partial charge < -0.3 is 13.6 Å². The Morgan fingerprint density at radius 3 is 1.72 bits per heavy atom. The van der Waals surface area contributed by atoms with Gasteiger partial charge in [0.2, 0.25) is 0 Å². The van der Waals surface area contributed by atoms with E-state index < -0.39 is 28.8 Å². The lowest BCUT2D eigenvalue weighted by atomic mass is 9.97. The molecule has 0 saturated heterocycles. The van der Waals surface area contributed by atoms with Crippen LogP contribution in [0.3, 0.4) is 0 Å². The van der Waals surface area contributed by atoms with Gasteiger partial charge in [0, 0.05) is 7.11 Å². The molecule has 25 heavy (non-hydrogen) atoms. The monoisotopic (exact) mass is 386 g/mol. The van der Waals surface area contributed by atoms with E-state index in [1.54, 1.807) is 13.2 Å². The van der Waals surface area contributed by atoms with E-state index in [0.29, 0.717) is 0 Å². The van der Waals surface area contributed by atoms with E-state index in [1.165, 1.54) is 0 Å². The van der Waals surface area contributed by atoms with Crippen molar-refractivity contribution in [3.05, 3.63) is 12.2 Å². The third-order valence-electron chi connectivity index (χ3n) is 6.08. The van der Waals surface area contributed by atoms with Crippen LogP contribution in [-0.2, 0) is 18.4 Å². The summed E-state index contributed by atoms with van der Waals surface area (Å²) in [7, 11) is -2.50. The van der Waals surface area contributed by atoms with E-state index in [-0.39, 0.29) is 22.0 Å². The summed E-state index contributed by atoms with van der Waals surface area (Å²) in [5.74, 6) is -0.0405. The Balaban J connectivity index is 3.20. The molecule has 0 aromatic carbocycles. The number of hydrogen-bond donors (Lipinski definition) is 0. The van der Waals surface area contributed by atoms with Crippen molar-refractivity contribution in [2.45, 2.75) is 96.1 Å². The zero-order valence-corrected chi connectivity index (χ0v) is 20.0. The summed E-state index contributed by atoms with van der Waals surface area (Å²) in [4.78, 5) is 12.4. The number of rotatable bonds is 5. The predicted molar refractivity (Wildman–Crippen MR) is 109 cm³/mol. The molecule has 0 N–H and O–H groups in total. The van der Waals surface area contributed by atoms with Gasteiger partial charge in [-0.1, -0.05) is 47.6 Å². The molecule has 0 aliphatic heterocycles. The quantitative estimate of drug-likeness (QED) is 0.629. The van der Waals surface area contributed by atoms with Gasteiger partial charge in [0.15, 0.2) is 22.4 Å². The van der Waals surface area contributed by atoms with Crippen LogP contribution in [0.5, 0.6) is 0 Å². The minimum atomic E-state index is -2.07. The molecular formula is C19H38O4Si2. The van der Waals surface area contributed by atoms with Gasteiger partial charge in [-0.3, -0.25) is 4.79 Å². The molecule has 3 atom stereocenters. The molecule has 0 radical (unpaired) electrons. The second-order valence-electron chi connectivity index (χ2n) is 10.1. The molecule has 146 valence electrons. The molecule has 1 rings (SSSR count). The summed E-state index contributed by atoms with van der Waals surface area (Å²) in [5, 5.41) is 0.142. The molecule has 0 amide bonds. The largest absolute Gasteiger partial charge is 0.408 e. The summed E-state index contributed by atoms with van der Waals surface area (Å²) in [6.45, 7) is 22.1. The maximum Gasteiger partial charge on any atom is 0.193 e. The van der Waals surface area contributed by atoms with E-state index >= 15 is 0 Å². The van der Waals surface area contributed by atoms with Crippen LogP contribution in [0, 0.1) is 0 Å². The van der Waals surface area contributed by atoms with Crippen molar-refractivity contribution in [2.75, 3.05) is 7.11 Å². The SMILES string of the molecule is CO[C@@H]1C(=O)C=C[C@H](O[Si](C)(C)C(C)(C)C)[C@H]1O[Si](C)(C)C(C)(C)C. The maximum absolute atomic E-state index is 12.4. The molecule has 0 bridgehead atoms. The Bertz CT molecular complexity index is 512. The Labute approximate surface area is 156 Å². The standard InChI is InChI=1S/C19H38O4Si2/c1-18(2,3)24(8,9)22-15-13-12-14(20)16(21-7)17(15)23-25(10,11)19(4,5)6/h12-13,15-17H,1-11H3/t15-,16+,17+/m0/s1. The third-order valence-corrected chi connectivity index (χ3v) is 15.0. The molecule has 0 aromatic rings. The highest BCUT2D eigenvalue weighted by Crippen LogP contribution is 2.41. The van der Waals surface area contributed by atoms with E-state index in [2.05, 4.69) is 67.7 Å². The van der Waals surface area contributed by atoms with Gasteiger partial charge in [-0.15, -0.1) is 0 Å². The van der Waals surface area contributed by atoms with Gasteiger partial charge in [0.25, 0.3) is 0 Å². The molecule has 0 heterocycles. The van der Waals surface area contributed by atoms with Crippen molar-refractivity contribution in [1.29, 1.82) is 0 Å². The van der Waals surface area contributed by atoms with Crippen molar-refractivity contribution in [1.82, 2.24) is 0 Å². The summed E-state index contributed by atoms with van der Waals surface area (Å²) in [6.07, 6.45) is 2.22. The number of ether oxygens (including phenoxy) is 1. The molecular weight excluding hydrogens is 348 g/mol. The molecule has 1 aliphatic rings. The fourth-order valence-corrected chi connectivity index (χ4v) is 4.79. The second kappa shape index (κ2) is 7.39. The Morgan fingerprint density at radius 2 is 1.32 bits per heavy atom. The Kier molecular flexibility index (Phi) is 6.73. The van der Waals surface area contributed by atoms with Crippen LogP contribution in [0.2, 0.25) is 36.3 Å². The van der Waals surface area contributed by atoms with Gasteiger partial charge in [-0.25, -0.2) is 0 Å². The summed E-state index contributed by atoms with van der Waals surface area (Å²) in [6, 6.07) is 0. The number of carbonyl (C=O) groups is 1. The molecule has 0 fully saturated rings. The summed E-state index contributed by atoms with van der Waals surface area (Å²) >= 11 is 0. The van der Waals surface area contributed by atoms with Crippen LogP contribution in [0.25, 0.3) is 0 Å². The van der Waals surface area contributed by atoms with Gasteiger partial charge in [-0.05, 0) is 42.3 Å². The molecule has 1 aliphatic carbocycles. The topological polar surface area (TPSA) is 44.8 Å². The number of methoxy groups -OCH3 is 1. The predicted octanol–water partition coefficient (Wildman–Crippen LogP) is 4.92. The van der Waals surface area contributed by atoms with Crippen LogP contribution >= 0.6 is 0 Å². The fourth-order valence-electron chi connectivity index (χ4n) is 2.25. The van der Waals surface area contributed by atoms with E-state index in [0.717, 1.165) is 0 Å². The minimum Gasteiger partial charge on any atom is -0.408 e. The zero-order chi connectivity index (χ0) is 19.8. The molecule has 4 nitrogen and oxygen atoms in total. The van der Waals surface area contributed by atoms with Crippen LogP contribution in [0.15, 0.2) is 12.2 Å². The second-order valence-corrected chi connectivity index (χ2v) is 19.6. The highest BCUT2D eigenvalue weighted by molar-refractivity contribution is 6.74. The first kappa shape index (κ1) is 22.8. The highest BCUT2D eigenvalue weighted by atomic mass is 28.4. The first-order chi connectivity index (χ1) is 11.0. The smallest absolute Gasteiger partial charge is 0.193 e. The average Bonchev–Trinajstić information content (AvgIpc) is 2.39. The minimum absolute atomic E-state index is 0.0405. The molecule has 0 spiro atoms. The first-order valence-corrected chi connectivity index (χ1v) is 15.0. The van der Waals surface area contributed by atoms with Crippen molar-refractivity contribution in [3.8, 4) is 0 Å². The number of carbonyl (C=O) groups excluding carboxylic acids is 1. The van der Waals surface area contributed by atoms with E-state index in [9.17, 15) is 4.79 Å². The highest BCUT2D eigenvalue weighted by Gasteiger charge is 2.48. The molecule has 0 aromatic heterocycles. The fraction of sp³-hybridized carbons (Fsp3) is 0.842. The van der Waals surface area contributed by atoms with E-state index in [4.69, 9.17) is 13.6 Å². The van der Waals surface area contributed by atoms with Crippen molar-refractivity contribution < 1.29 is 18.4 Å². The normalized spacial score (nSPS) is 26.2. The van der Waals surface area contributed by atoms with Crippen molar-refractivity contribution >= 4 is 22.4 Å². The van der Waals surface area contributed by atoms with Gasteiger partial charge in [-0.2, -0.15) is 0 Å². The van der Waals surface area contributed by atoms with Gasteiger partial charge in [0.05, 0.1) is 6.10 Å². The molecule has 6 heteroatoms. The van der Waals surface area contributed by atoms with E-state index in [1.807, 2.05) is 6.08 Å². The summed E-state index contributed by atoms with van der Waals surface area (Å²) in [5.41, 5.74) is 0. The van der Waals surface area contributed by atoms with Crippen molar-refractivity contribution in [2.24, 2.45) is 0 Å². The van der Waals surface area contributed by atoms with Gasteiger partial charge >= 0.3 is 0 Å². The first-order valence-electron chi connectivity index (χ1n) is 9.14. The molecule has 0 unspecified atom stereocenters. The van der Waals surface area contributed by atoms with Crippen molar-refractivity contribution in [3.63, 3.8) is 0 Å². The van der Waals surface area contributed by atoms with Crippen LogP contribution < -0.4 is 0 Å². The molecule has 0 saturated carbocycles. The average molecular weight is 387 g/mol. The number of hydrogen-bond acceptors (Lipinski definition) is 4. The zero-order valence-electron chi connectivity index (χ0n) is 18.0. The Hall–Kier alpha value is -0.276. The van der Waals surface area contributed by atoms with Crippen LogP contribution in [0.4, 0.5) is 0 Å². The van der Waals surface area contributed by atoms with Gasteiger partial charge in [0.1, 0.15) is 12.2 Å². The number of ketones is 1. The van der Waals surface area contributed by atoms with Crippen LogP contribution in [0.1, 0.15) is 41.5 Å². The lowest BCUT2D eigenvalue weighted by Gasteiger charge is -2.46. The summed E-state index contributed by atoms with van der Waals surface area (Å²) < 4.78 is 18.8. The third kappa shape index (κ3) is 5.13. The lowest BCUT2D eigenvalue weighted by molar-refractivity contribution is -0.135. The van der Waals surface area contributed by atoms with Crippen LogP contribution in [-0.4, -0.2) is 47.8 Å². The Morgan fingerprint density at radius 1 is 0.880 bits per heavy atom. The maximum atomic E-state index is 12.4. The lowest BCUT2D eigenvalue weighted by Crippen LogP contribution is -2.57.